The van der Waals surface area contributed by atoms with Gasteiger partial charge in [-0.05, 0) is 52.7 Å². The van der Waals surface area contributed by atoms with Gasteiger partial charge in [0.25, 0.3) is 5.91 Å². The second-order valence-corrected chi connectivity index (χ2v) is 5.79. The first-order valence-corrected chi connectivity index (χ1v) is 7.21. The van der Waals surface area contributed by atoms with Crippen LogP contribution < -0.4 is 5.32 Å². The molecule has 0 saturated heterocycles. The Morgan fingerprint density at radius 3 is 2.65 bits per heavy atom. The quantitative estimate of drug-likeness (QED) is 0.758. The number of nitrogens with one attached hydrogen (secondary N) is 1. The Hall–Kier alpha value is -1.39. The number of carbonyl (C=O) groups excluding carboxylic acids is 1. The number of benzene rings is 2. The number of alkyl halides is 1. The molecule has 2 rings (SSSR count). The van der Waals surface area contributed by atoms with Crippen molar-refractivity contribution >= 4 is 39.1 Å². The number of hydrogen-bond acceptors (Lipinski definition) is 1. The number of carbonyl (C=O) groups is 1. The van der Waals surface area contributed by atoms with Crippen molar-refractivity contribution in [3.05, 3.63) is 63.9 Å². The molecule has 0 bridgehead atoms. The molecule has 0 aliphatic heterocycles. The highest BCUT2D eigenvalue weighted by molar-refractivity contribution is 9.10. The van der Waals surface area contributed by atoms with E-state index in [9.17, 15) is 9.18 Å². The summed E-state index contributed by atoms with van der Waals surface area (Å²) < 4.78 is 13.4. The molecule has 20 heavy (non-hydrogen) atoms. The molecular formula is C15H12BrClFNO. The van der Waals surface area contributed by atoms with Gasteiger partial charge >= 0.3 is 0 Å². The van der Waals surface area contributed by atoms with Gasteiger partial charge in [0.15, 0.2) is 0 Å². The highest BCUT2D eigenvalue weighted by atomic mass is 79.9. The molecule has 104 valence electrons. The zero-order valence-electron chi connectivity index (χ0n) is 10.7. The second kappa shape index (κ2) is 6.37. The van der Waals surface area contributed by atoms with Crippen LogP contribution in [0.5, 0.6) is 0 Å². The van der Waals surface area contributed by atoms with Crippen molar-refractivity contribution in [3.63, 3.8) is 0 Å². The molecule has 0 aliphatic rings. The van der Waals surface area contributed by atoms with Crippen molar-refractivity contribution < 1.29 is 9.18 Å². The first kappa shape index (κ1) is 15.0. The number of rotatable bonds is 3. The Labute approximate surface area is 130 Å². The van der Waals surface area contributed by atoms with Gasteiger partial charge in [0.2, 0.25) is 0 Å². The van der Waals surface area contributed by atoms with E-state index < -0.39 is 5.82 Å². The van der Waals surface area contributed by atoms with E-state index in [-0.39, 0.29) is 11.3 Å². The molecule has 2 aromatic rings. The fourth-order valence-corrected chi connectivity index (χ4v) is 2.54. The lowest BCUT2D eigenvalue weighted by atomic mass is 10.1. The smallest absolute Gasteiger partial charge is 0.256 e. The van der Waals surface area contributed by atoms with Crippen LogP contribution in [-0.4, -0.2) is 5.91 Å². The van der Waals surface area contributed by atoms with Crippen molar-refractivity contribution in [1.29, 1.82) is 0 Å². The summed E-state index contributed by atoms with van der Waals surface area (Å²) in [4.78, 5) is 12.2. The molecule has 1 amide bonds. The molecule has 0 aromatic heterocycles. The molecule has 1 N–H and O–H groups in total. The molecule has 1 atom stereocenters. The third-order valence-electron chi connectivity index (χ3n) is 2.81. The van der Waals surface area contributed by atoms with E-state index in [1.54, 1.807) is 6.07 Å². The van der Waals surface area contributed by atoms with E-state index in [1.165, 1.54) is 18.2 Å². The number of amides is 1. The zero-order chi connectivity index (χ0) is 14.7. The van der Waals surface area contributed by atoms with Crippen LogP contribution in [-0.2, 0) is 0 Å². The normalized spacial score (nSPS) is 12.0. The van der Waals surface area contributed by atoms with Crippen LogP contribution in [0.15, 0.2) is 46.9 Å². The van der Waals surface area contributed by atoms with Crippen LogP contribution in [0.2, 0.25) is 0 Å². The van der Waals surface area contributed by atoms with Crippen LogP contribution in [0.3, 0.4) is 0 Å². The number of para-hydroxylation sites is 1. The number of halogens is 3. The molecule has 0 aliphatic carbocycles. The minimum atomic E-state index is -0.400. The van der Waals surface area contributed by atoms with Gasteiger partial charge < -0.3 is 5.32 Å². The molecule has 0 spiro atoms. The van der Waals surface area contributed by atoms with Gasteiger partial charge in [0.1, 0.15) is 5.82 Å². The third-order valence-corrected chi connectivity index (χ3v) is 3.70. The molecule has 2 aromatic carbocycles. The average molecular weight is 357 g/mol. The van der Waals surface area contributed by atoms with Gasteiger partial charge in [-0.25, -0.2) is 4.39 Å². The highest BCUT2D eigenvalue weighted by Gasteiger charge is 2.14. The fraction of sp³-hybridized carbons (Fsp3) is 0.133. The SMILES string of the molecule is CC(Cl)c1ccccc1NC(=O)c1ccc(F)cc1Br. The topological polar surface area (TPSA) is 29.1 Å². The summed E-state index contributed by atoms with van der Waals surface area (Å²) >= 11 is 9.26. The van der Waals surface area contributed by atoms with Gasteiger partial charge in [-0.2, -0.15) is 0 Å². The Morgan fingerprint density at radius 1 is 1.30 bits per heavy atom. The Kier molecular flexibility index (Phi) is 4.78. The molecular weight excluding hydrogens is 345 g/mol. The number of anilines is 1. The van der Waals surface area contributed by atoms with Crippen LogP contribution in [0.4, 0.5) is 10.1 Å². The van der Waals surface area contributed by atoms with E-state index >= 15 is 0 Å². The molecule has 0 fully saturated rings. The summed E-state index contributed by atoms with van der Waals surface area (Å²) in [6.07, 6.45) is 0. The van der Waals surface area contributed by atoms with E-state index in [1.807, 2.05) is 25.1 Å². The lowest BCUT2D eigenvalue weighted by Gasteiger charge is -2.13. The summed E-state index contributed by atoms with van der Waals surface area (Å²) in [7, 11) is 0. The predicted octanol–water partition coefficient (Wildman–Crippen LogP) is 5.14. The predicted molar refractivity (Wildman–Crippen MR) is 82.8 cm³/mol. The summed E-state index contributed by atoms with van der Waals surface area (Å²) in [6, 6.07) is 11.2. The minimum absolute atomic E-state index is 0.219. The monoisotopic (exact) mass is 355 g/mol. The molecule has 0 radical (unpaired) electrons. The third kappa shape index (κ3) is 3.38. The Balaban J connectivity index is 2.28. The van der Waals surface area contributed by atoms with Crippen LogP contribution >= 0.6 is 27.5 Å². The standard InChI is InChI=1S/C15H12BrClFNO/c1-9(17)11-4-2-3-5-14(11)19-15(20)12-7-6-10(18)8-13(12)16/h2-9H,1H3,(H,19,20). The van der Waals surface area contributed by atoms with Crippen LogP contribution in [0, 0.1) is 5.82 Å². The van der Waals surface area contributed by atoms with Gasteiger partial charge in [-0.15, -0.1) is 11.6 Å². The van der Waals surface area contributed by atoms with Gasteiger partial charge in [0.05, 0.1) is 10.9 Å². The van der Waals surface area contributed by atoms with Crippen molar-refractivity contribution in [2.45, 2.75) is 12.3 Å². The lowest BCUT2D eigenvalue weighted by Crippen LogP contribution is -2.14. The van der Waals surface area contributed by atoms with Crippen molar-refractivity contribution in [1.82, 2.24) is 0 Å². The molecule has 0 saturated carbocycles. The Morgan fingerprint density at radius 2 is 2.00 bits per heavy atom. The van der Waals surface area contributed by atoms with Gasteiger partial charge in [0, 0.05) is 10.2 Å². The lowest BCUT2D eigenvalue weighted by molar-refractivity contribution is 0.102. The van der Waals surface area contributed by atoms with Gasteiger partial charge in [-0.1, -0.05) is 18.2 Å². The van der Waals surface area contributed by atoms with Gasteiger partial charge in [-0.3, -0.25) is 4.79 Å². The van der Waals surface area contributed by atoms with Crippen molar-refractivity contribution in [2.24, 2.45) is 0 Å². The zero-order valence-corrected chi connectivity index (χ0v) is 13.0. The average Bonchev–Trinajstić information content (AvgIpc) is 2.38. The summed E-state index contributed by atoms with van der Waals surface area (Å²) in [5, 5.41) is 2.57. The molecule has 2 nitrogen and oxygen atoms in total. The maximum absolute atomic E-state index is 13.0. The largest absolute Gasteiger partial charge is 0.322 e. The van der Waals surface area contributed by atoms with Crippen molar-refractivity contribution in [3.8, 4) is 0 Å². The fourth-order valence-electron chi connectivity index (χ4n) is 1.82. The second-order valence-electron chi connectivity index (χ2n) is 4.28. The highest BCUT2D eigenvalue weighted by Crippen LogP contribution is 2.28. The van der Waals surface area contributed by atoms with E-state index in [2.05, 4.69) is 21.2 Å². The number of hydrogen-bond donors (Lipinski definition) is 1. The molecule has 0 heterocycles. The minimum Gasteiger partial charge on any atom is -0.322 e. The van der Waals surface area contributed by atoms with E-state index in [0.29, 0.717) is 15.7 Å². The maximum Gasteiger partial charge on any atom is 0.256 e. The van der Waals surface area contributed by atoms with Crippen LogP contribution in [0.25, 0.3) is 0 Å². The molecule has 5 heteroatoms. The molecule has 1 unspecified atom stereocenters. The summed E-state index contributed by atoms with van der Waals surface area (Å²) in [6.45, 7) is 1.83. The first-order chi connectivity index (χ1) is 9.49. The summed E-state index contributed by atoms with van der Waals surface area (Å²) in [5.41, 5.74) is 1.85. The first-order valence-electron chi connectivity index (χ1n) is 5.98. The Bertz CT molecular complexity index is 646. The van der Waals surface area contributed by atoms with Crippen molar-refractivity contribution in [2.75, 3.05) is 5.32 Å². The van der Waals surface area contributed by atoms with E-state index in [4.69, 9.17) is 11.6 Å². The van der Waals surface area contributed by atoms with E-state index in [0.717, 1.165) is 5.56 Å². The maximum atomic E-state index is 13.0. The van der Waals surface area contributed by atoms with Crippen LogP contribution in [0.1, 0.15) is 28.2 Å². The summed E-state index contributed by atoms with van der Waals surface area (Å²) in [5.74, 6) is -0.718.